The van der Waals surface area contributed by atoms with Gasteiger partial charge in [-0.2, -0.15) is 0 Å². The Balaban J connectivity index is 1.94. The SMILES string of the molecule is NCC1CCC1Cc1ccc(Cl)cc1. The lowest BCUT2D eigenvalue weighted by atomic mass is 9.71. The summed E-state index contributed by atoms with van der Waals surface area (Å²) in [5, 5.41) is 0.817. The summed E-state index contributed by atoms with van der Waals surface area (Å²) in [5.41, 5.74) is 7.07. The topological polar surface area (TPSA) is 26.0 Å². The van der Waals surface area contributed by atoms with Crippen molar-refractivity contribution in [3.05, 3.63) is 34.9 Å². The molecule has 1 aliphatic carbocycles. The van der Waals surface area contributed by atoms with Crippen molar-refractivity contribution < 1.29 is 0 Å². The molecule has 0 amide bonds. The van der Waals surface area contributed by atoms with E-state index in [4.69, 9.17) is 17.3 Å². The van der Waals surface area contributed by atoms with Gasteiger partial charge in [-0.05, 0) is 55.3 Å². The van der Waals surface area contributed by atoms with E-state index in [1.54, 1.807) is 0 Å². The van der Waals surface area contributed by atoms with Gasteiger partial charge in [0.25, 0.3) is 0 Å². The molecule has 2 N–H and O–H groups in total. The number of hydrogen-bond donors (Lipinski definition) is 1. The molecular formula is C12H16ClN. The first kappa shape index (κ1) is 10.0. The molecule has 1 aliphatic rings. The Hall–Kier alpha value is -0.530. The first-order chi connectivity index (χ1) is 6.79. The molecule has 2 heteroatoms. The van der Waals surface area contributed by atoms with Crippen molar-refractivity contribution in [3.8, 4) is 0 Å². The zero-order chi connectivity index (χ0) is 9.97. The minimum absolute atomic E-state index is 0.755. The molecule has 1 fully saturated rings. The number of rotatable bonds is 3. The second-order valence-corrected chi connectivity index (χ2v) is 4.60. The van der Waals surface area contributed by atoms with Gasteiger partial charge in [-0.15, -0.1) is 0 Å². The van der Waals surface area contributed by atoms with Crippen molar-refractivity contribution in [3.63, 3.8) is 0 Å². The summed E-state index contributed by atoms with van der Waals surface area (Å²) in [7, 11) is 0. The van der Waals surface area contributed by atoms with Crippen LogP contribution in [0.2, 0.25) is 5.02 Å². The normalized spacial score (nSPS) is 25.9. The molecule has 1 aromatic rings. The maximum absolute atomic E-state index is 5.83. The zero-order valence-electron chi connectivity index (χ0n) is 8.25. The Morgan fingerprint density at radius 2 is 1.79 bits per heavy atom. The third kappa shape index (κ3) is 2.10. The van der Waals surface area contributed by atoms with Gasteiger partial charge in [-0.25, -0.2) is 0 Å². The summed E-state index contributed by atoms with van der Waals surface area (Å²) < 4.78 is 0. The summed E-state index contributed by atoms with van der Waals surface area (Å²) in [6, 6.07) is 8.17. The second-order valence-electron chi connectivity index (χ2n) is 4.16. The van der Waals surface area contributed by atoms with Gasteiger partial charge < -0.3 is 5.73 Å². The number of benzene rings is 1. The molecule has 14 heavy (non-hydrogen) atoms. The third-order valence-electron chi connectivity index (χ3n) is 3.29. The molecule has 0 saturated heterocycles. The van der Waals surface area contributed by atoms with Crippen molar-refractivity contribution in [2.75, 3.05) is 6.54 Å². The molecule has 1 aromatic carbocycles. The highest BCUT2D eigenvalue weighted by molar-refractivity contribution is 6.30. The lowest BCUT2D eigenvalue weighted by Crippen LogP contribution is -2.33. The van der Waals surface area contributed by atoms with E-state index in [9.17, 15) is 0 Å². The smallest absolute Gasteiger partial charge is 0.0406 e. The summed E-state index contributed by atoms with van der Waals surface area (Å²) in [6.45, 7) is 0.845. The molecule has 2 unspecified atom stereocenters. The Kier molecular flexibility index (Phi) is 3.09. The van der Waals surface area contributed by atoms with Gasteiger partial charge in [-0.1, -0.05) is 23.7 Å². The van der Waals surface area contributed by atoms with E-state index in [2.05, 4.69) is 12.1 Å². The Morgan fingerprint density at radius 1 is 1.14 bits per heavy atom. The minimum atomic E-state index is 0.755. The van der Waals surface area contributed by atoms with Crippen LogP contribution in [-0.4, -0.2) is 6.54 Å². The van der Waals surface area contributed by atoms with Gasteiger partial charge in [0, 0.05) is 5.02 Å². The summed E-state index contributed by atoms with van der Waals surface area (Å²) >= 11 is 5.83. The van der Waals surface area contributed by atoms with Gasteiger partial charge in [0.1, 0.15) is 0 Å². The van der Waals surface area contributed by atoms with Crippen molar-refractivity contribution in [1.29, 1.82) is 0 Å². The molecular weight excluding hydrogens is 194 g/mol. The Labute approximate surface area is 90.3 Å². The summed E-state index contributed by atoms with van der Waals surface area (Å²) in [6.07, 6.45) is 3.82. The molecule has 0 radical (unpaired) electrons. The van der Waals surface area contributed by atoms with Crippen LogP contribution in [0.25, 0.3) is 0 Å². The maximum atomic E-state index is 5.83. The second kappa shape index (κ2) is 4.33. The van der Waals surface area contributed by atoms with Crippen LogP contribution in [0.1, 0.15) is 18.4 Å². The van der Waals surface area contributed by atoms with Crippen LogP contribution in [0.4, 0.5) is 0 Å². The van der Waals surface area contributed by atoms with Crippen molar-refractivity contribution in [2.45, 2.75) is 19.3 Å². The van der Waals surface area contributed by atoms with Crippen LogP contribution >= 0.6 is 11.6 Å². The minimum Gasteiger partial charge on any atom is -0.330 e. The van der Waals surface area contributed by atoms with E-state index in [-0.39, 0.29) is 0 Å². The number of hydrogen-bond acceptors (Lipinski definition) is 1. The zero-order valence-corrected chi connectivity index (χ0v) is 9.00. The largest absolute Gasteiger partial charge is 0.330 e. The Bertz CT molecular complexity index is 292. The van der Waals surface area contributed by atoms with E-state index in [0.717, 1.165) is 23.4 Å². The van der Waals surface area contributed by atoms with Gasteiger partial charge in [0.15, 0.2) is 0 Å². The maximum Gasteiger partial charge on any atom is 0.0406 e. The average Bonchev–Trinajstić information content (AvgIpc) is 2.16. The standard InChI is InChI=1S/C12H16ClN/c13-12-5-1-9(2-6-12)7-10-3-4-11(10)8-14/h1-2,5-6,10-11H,3-4,7-8,14H2. The van der Waals surface area contributed by atoms with Crippen LogP contribution in [0.15, 0.2) is 24.3 Å². The molecule has 1 saturated carbocycles. The molecule has 0 aliphatic heterocycles. The van der Waals surface area contributed by atoms with Gasteiger partial charge in [0.2, 0.25) is 0 Å². The van der Waals surface area contributed by atoms with Crippen LogP contribution in [0.3, 0.4) is 0 Å². The molecule has 2 rings (SSSR count). The van der Waals surface area contributed by atoms with E-state index < -0.39 is 0 Å². The molecule has 0 aromatic heterocycles. The lowest BCUT2D eigenvalue weighted by molar-refractivity contribution is 0.183. The van der Waals surface area contributed by atoms with Crippen LogP contribution in [-0.2, 0) is 6.42 Å². The first-order valence-corrected chi connectivity index (χ1v) is 5.62. The summed E-state index contributed by atoms with van der Waals surface area (Å²) in [5.74, 6) is 1.56. The van der Waals surface area contributed by atoms with E-state index in [0.29, 0.717) is 0 Å². The predicted molar refractivity (Wildman–Crippen MR) is 60.4 cm³/mol. The quantitative estimate of drug-likeness (QED) is 0.814. The molecule has 0 heterocycles. The molecule has 0 bridgehead atoms. The van der Waals surface area contributed by atoms with Gasteiger partial charge in [0.05, 0.1) is 0 Å². The van der Waals surface area contributed by atoms with Crippen molar-refractivity contribution in [2.24, 2.45) is 17.6 Å². The molecule has 2 atom stereocenters. The monoisotopic (exact) mass is 209 g/mol. The van der Waals surface area contributed by atoms with E-state index in [1.807, 2.05) is 12.1 Å². The van der Waals surface area contributed by atoms with Crippen LogP contribution in [0.5, 0.6) is 0 Å². The highest BCUT2D eigenvalue weighted by Gasteiger charge is 2.29. The van der Waals surface area contributed by atoms with Crippen LogP contribution in [0, 0.1) is 11.8 Å². The van der Waals surface area contributed by atoms with E-state index >= 15 is 0 Å². The summed E-state index contributed by atoms with van der Waals surface area (Å²) in [4.78, 5) is 0. The fourth-order valence-corrected chi connectivity index (χ4v) is 2.27. The molecule has 1 nitrogen and oxygen atoms in total. The van der Waals surface area contributed by atoms with Crippen LogP contribution < -0.4 is 5.73 Å². The third-order valence-corrected chi connectivity index (χ3v) is 3.54. The van der Waals surface area contributed by atoms with E-state index in [1.165, 1.54) is 24.8 Å². The fraction of sp³-hybridized carbons (Fsp3) is 0.500. The van der Waals surface area contributed by atoms with Crippen molar-refractivity contribution >= 4 is 11.6 Å². The average molecular weight is 210 g/mol. The van der Waals surface area contributed by atoms with Gasteiger partial charge >= 0.3 is 0 Å². The molecule has 0 spiro atoms. The molecule has 76 valence electrons. The number of halogens is 1. The first-order valence-electron chi connectivity index (χ1n) is 5.24. The predicted octanol–water partition coefficient (Wildman–Crippen LogP) is 2.87. The van der Waals surface area contributed by atoms with Crippen molar-refractivity contribution in [1.82, 2.24) is 0 Å². The number of nitrogens with two attached hydrogens (primary N) is 1. The lowest BCUT2D eigenvalue weighted by Gasteiger charge is -2.36. The fourth-order valence-electron chi connectivity index (χ4n) is 2.14. The highest BCUT2D eigenvalue weighted by atomic mass is 35.5. The highest BCUT2D eigenvalue weighted by Crippen LogP contribution is 2.35. The Morgan fingerprint density at radius 3 is 2.29 bits per heavy atom. The van der Waals surface area contributed by atoms with Gasteiger partial charge in [-0.3, -0.25) is 0 Å².